The van der Waals surface area contributed by atoms with Gasteiger partial charge in [-0.2, -0.15) is 0 Å². The summed E-state index contributed by atoms with van der Waals surface area (Å²) in [5, 5.41) is 1.58. The van der Waals surface area contributed by atoms with Crippen molar-refractivity contribution in [3.8, 4) is 0 Å². The molecule has 3 aromatic carbocycles. The number of carbonyl (C=O) groups is 3. The van der Waals surface area contributed by atoms with Crippen molar-refractivity contribution in [1.82, 2.24) is 0 Å². The monoisotopic (exact) mass is 567 g/mol. The number of ether oxygens (including phenoxy) is 2. The number of nitrogens with zero attached hydrogens (tertiary/aromatic N) is 1. The summed E-state index contributed by atoms with van der Waals surface area (Å²) < 4.78 is 16.6. The lowest BCUT2D eigenvalue weighted by atomic mass is 9.82. The van der Waals surface area contributed by atoms with Crippen LogP contribution in [0.15, 0.2) is 71.2 Å². The Hall–Kier alpha value is -4.39. The Morgan fingerprint density at radius 2 is 1.67 bits per heavy atom. The van der Waals surface area contributed by atoms with Crippen LogP contribution in [0.2, 0.25) is 0 Å². The molecule has 0 atom stereocenters. The van der Waals surface area contributed by atoms with Crippen molar-refractivity contribution in [2.24, 2.45) is 11.8 Å². The predicted octanol–water partition coefficient (Wildman–Crippen LogP) is 7.70. The number of amides is 1. The van der Waals surface area contributed by atoms with Crippen LogP contribution in [0.1, 0.15) is 67.9 Å². The summed E-state index contributed by atoms with van der Waals surface area (Å²) in [6.07, 6.45) is 6.83. The summed E-state index contributed by atoms with van der Waals surface area (Å²) in [6.45, 7) is 6.35. The number of carbonyl (C=O) groups excluding carboxylic acids is 3. The summed E-state index contributed by atoms with van der Waals surface area (Å²) in [5.41, 5.74) is 3.65. The molecule has 1 saturated carbocycles. The lowest BCUT2D eigenvalue weighted by Gasteiger charge is -2.34. The maximum absolute atomic E-state index is 13.9. The van der Waals surface area contributed by atoms with Crippen LogP contribution >= 0.6 is 0 Å². The van der Waals surface area contributed by atoms with Gasteiger partial charge in [0, 0.05) is 28.8 Å². The number of hydrogen-bond donors (Lipinski definition) is 0. The fraction of sp³-hybridized carbons (Fsp3) is 0.343. The number of methoxy groups -OCH3 is 1. The van der Waals surface area contributed by atoms with Crippen LogP contribution in [0.25, 0.3) is 28.0 Å². The Morgan fingerprint density at radius 1 is 0.952 bits per heavy atom. The molecule has 0 bridgehead atoms. The number of benzene rings is 3. The molecule has 1 aliphatic carbocycles. The number of rotatable bonds is 8. The van der Waals surface area contributed by atoms with E-state index in [0.29, 0.717) is 22.8 Å². The highest BCUT2D eigenvalue weighted by molar-refractivity contribution is 6.13. The summed E-state index contributed by atoms with van der Waals surface area (Å²) in [4.78, 5) is 40.9. The molecule has 0 radical (unpaired) electrons. The van der Waals surface area contributed by atoms with Gasteiger partial charge in [0.15, 0.2) is 0 Å². The van der Waals surface area contributed by atoms with Gasteiger partial charge in [0.05, 0.1) is 18.4 Å². The van der Waals surface area contributed by atoms with E-state index in [1.54, 1.807) is 17.0 Å². The maximum Gasteiger partial charge on any atom is 0.340 e. The predicted molar refractivity (Wildman–Crippen MR) is 164 cm³/mol. The first-order chi connectivity index (χ1) is 20.2. The molecule has 1 heterocycles. The quantitative estimate of drug-likeness (QED) is 0.160. The maximum atomic E-state index is 13.9. The number of anilines is 1. The van der Waals surface area contributed by atoms with E-state index < -0.39 is 11.9 Å². The van der Waals surface area contributed by atoms with Crippen molar-refractivity contribution in [2.75, 3.05) is 12.0 Å². The number of esters is 2. The molecule has 0 spiro atoms. The highest BCUT2D eigenvalue weighted by Crippen LogP contribution is 2.38. The zero-order chi connectivity index (χ0) is 29.8. The largest absolute Gasteiger partial charge is 0.465 e. The SMILES string of the molecule is COC(=O)c1cc2oc3ccc(C=CC(=O)OCc4ccccc4)cc3c2cc1N(C(=O)C1CCC(C)CC1)C(C)C. The van der Waals surface area contributed by atoms with Gasteiger partial charge in [0.25, 0.3) is 0 Å². The van der Waals surface area contributed by atoms with Gasteiger partial charge in [-0.3, -0.25) is 4.79 Å². The van der Waals surface area contributed by atoms with Crippen molar-refractivity contribution >= 4 is 51.5 Å². The lowest BCUT2D eigenvalue weighted by molar-refractivity contribution is -0.138. The number of furan rings is 1. The fourth-order valence-corrected chi connectivity index (χ4v) is 5.70. The third-order valence-electron chi connectivity index (χ3n) is 8.03. The first-order valence-corrected chi connectivity index (χ1v) is 14.6. The lowest BCUT2D eigenvalue weighted by Crippen LogP contribution is -2.43. The van der Waals surface area contributed by atoms with Gasteiger partial charge in [-0.25, -0.2) is 9.59 Å². The van der Waals surface area contributed by atoms with Gasteiger partial charge in [-0.05, 0) is 86.9 Å². The average molecular weight is 568 g/mol. The second-order valence-corrected chi connectivity index (χ2v) is 11.4. The number of hydrogen-bond acceptors (Lipinski definition) is 6. The molecule has 5 rings (SSSR count). The molecule has 7 nitrogen and oxygen atoms in total. The highest BCUT2D eigenvalue weighted by Gasteiger charge is 2.33. The molecule has 0 unspecified atom stereocenters. The van der Waals surface area contributed by atoms with E-state index in [9.17, 15) is 14.4 Å². The topological polar surface area (TPSA) is 86.0 Å². The van der Waals surface area contributed by atoms with Crippen LogP contribution in [0, 0.1) is 11.8 Å². The standard InChI is InChI=1S/C35H37NO6/c1-22(2)36(34(38)26-14-10-23(3)11-15-26)30-19-28-27-18-24(13-17-33(37)41-21-25-8-6-5-7-9-25)12-16-31(27)42-32(28)20-29(30)35(39)40-4/h5-9,12-13,16-20,22-23,26H,10-11,14-15,21H2,1-4H3. The molecule has 218 valence electrons. The first kappa shape index (κ1) is 29.1. The van der Waals surface area contributed by atoms with Gasteiger partial charge in [-0.1, -0.05) is 43.3 Å². The fourth-order valence-electron chi connectivity index (χ4n) is 5.70. The van der Waals surface area contributed by atoms with Crippen molar-refractivity contribution in [1.29, 1.82) is 0 Å². The summed E-state index contributed by atoms with van der Waals surface area (Å²) >= 11 is 0. The van der Waals surface area contributed by atoms with E-state index in [-0.39, 0.29) is 30.0 Å². The number of fused-ring (bicyclic) bond motifs is 3. The van der Waals surface area contributed by atoms with Crippen molar-refractivity contribution in [3.05, 3.63) is 83.4 Å². The summed E-state index contributed by atoms with van der Waals surface area (Å²) in [5.74, 6) is -0.393. The van der Waals surface area contributed by atoms with Crippen molar-refractivity contribution in [3.63, 3.8) is 0 Å². The normalized spacial score (nSPS) is 17.2. The van der Waals surface area contributed by atoms with E-state index in [1.807, 2.05) is 68.4 Å². The third-order valence-corrected chi connectivity index (χ3v) is 8.03. The van der Waals surface area contributed by atoms with Gasteiger partial charge >= 0.3 is 11.9 Å². The average Bonchev–Trinajstić information content (AvgIpc) is 3.35. The molecule has 1 fully saturated rings. The van der Waals surface area contributed by atoms with Crippen molar-refractivity contribution in [2.45, 2.75) is 59.1 Å². The minimum Gasteiger partial charge on any atom is -0.465 e. The zero-order valence-corrected chi connectivity index (χ0v) is 24.6. The van der Waals surface area contributed by atoms with Gasteiger partial charge in [0.2, 0.25) is 5.91 Å². The summed E-state index contributed by atoms with van der Waals surface area (Å²) in [6, 6.07) is 18.5. The molecule has 42 heavy (non-hydrogen) atoms. The van der Waals surface area contributed by atoms with Crippen LogP contribution in [0.4, 0.5) is 5.69 Å². The third kappa shape index (κ3) is 6.25. The van der Waals surface area contributed by atoms with Gasteiger partial charge in [0.1, 0.15) is 17.8 Å². The molecule has 1 aromatic heterocycles. The second-order valence-electron chi connectivity index (χ2n) is 11.4. The van der Waals surface area contributed by atoms with Gasteiger partial charge < -0.3 is 18.8 Å². The molecule has 1 aliphatic rings. The van der Waals surface area contributed by atoms with E-state index >= 15 is 0 Å². The Balaban J connectivity index is 1.49. The molecule has 0 N–H and O–H groups in total. The van der Waals surface area contributed by atoms with Crippen LogP contribution in [-0.2, 0) is 25.7 Å². The molecule has 7 heteroatoms. The second kappa shape index (κ2) is 12.6. The molecular weight excluding hydrogens is 530 g/mol. The Morgan fingerprint density at radius 3 is 2.36 bits per heavy atom. The minimum atomic E-state index is -0.527. The Kier molecular flexibility index (Phi) is 8.76. The highest BCUT2D eigenvalue weighted by atomic mass is 16.5. The van der Waals surface area contributed by atoms with Crippen LogP contribution < -0.4 is 4.90 Å². The van der Waals surface area contributed by atoms with Crippen LogP contribution in [-0.4, -0.2) is 31.0 Å². The minimum absolute atomic E-state index is 0.0341. The van der Waals surface area contributed by atoms with E-state index in [2.05, 4.69) is 6.92 Å². The molecule has 4 aromatic rings. The van der Waals surface area contributed by atoms with Crippen molar-refractivity contribution < 1.29 is 28.3 Å². The van der Waals surface area contributed by atoms with Crippen LogP contribution in [0.3, 0.4) is 0 Å². The molecular formula is C35H37NO6. The Bertz CT molecular complexity index is 1630. The van der Waals surface area contributed by atoms with E-state index in [1.165, 1.54) is 13.2 Å². The van der Waals surface area contributed by atoms with Gasteiger partial charge in [-0.15, -0.1) is 0 Å². The Labute approximate surface area is 246 Å². The smallest absolute Gasteiger partial charge is 0.340 e. The van der Waals surface area contributed by atoms with E-state index in [0.717, 1.165) is 47.6 Å². The summed E-state index contributed by atoms with van der Waals surface area (Å²) in [7, 11) is 1.34. The molecule has 0 saturated heterocycles. The first-order valence-electron chi connectivity index (χ1n) is 14.6. The molecule has 1 amide bonds. The molecule has 0 aliphatic heterocycles. The zero-order valence-electron chi connectivity index (χ0n) is 24.6. The van der Waals surface area contributed by atoms with Crippen LogP contribution in [0.5, 0.6) is 0 Å². The van der Waals surface area contributed by atoms with E-state index in [4.69, 9.17) is 13.9 Å².